The molecule has 0 bridgehead atoms. The molecule has 0 spiro atoms. The van der Waals surface area contributed by atoms with E-state index >= 15 is 0 Å². The minimum absolute atomic E-state index is 0.0254. The molecule has 1 aromatic rings. The van der Waals surface area contributed by atoms with Crippen molar-refractivity contribution in [3.05, 3.63) is 17.2 Å². The highest BCUT2D eigenvalue weighted by atomic mass is 32.2. The number of imidazole rings is 1. The molecule has 20 heavy (non-hydrogen) atoms. The molecule has 1 aliphatic heterocycles. The Morgan fingerprint density at radius 1 is 1.35 bits per heavy atom. The summed E-state index contributed by atoms with van der Waals surface area (Å²) in [4.78, 5) is 4.79. The fourth-order valence-corrected chi connectivity index (χ4v) is 3.32. The molecule has 2 heterocycles. The SMILES string of the molecule is CC(C)(C)c1nc2c(n1CCCS(C)(=O)=O)CCNC2. The molecule has 114 valence electrons. The summed E-state index contributed by atoms with van der Waals surface area (Å²) in [6.45, 7) is 8.98. The Morgan fingerprint density at radius 2 is 2.05 bits per heavy atom. The molecule has 2 rings (SSSR count). The number of rotatable bonds is 4. The number of hydrogen-bond acceptors (Lipinski definition) is 4. The molecule has 1 aliphatic rings. The van der Waals surface area contributed by atoms with Crippen molar-refractivity contribution >= 4 is 9.84 Å². The second kappa shape index (κ2) is 5.48. The Hall–Kier alpha value is -0.880. The zero-order valence-corrected chi connectivity index (χ0v) is 13.7. The van der Waals surface area contributed by atoms with Gasteiger partial charge < -0.3 is 9.88 Å². The molecule has 0 aliphatic carbocycles. The van der Waals surface area contributed by atoms with E-state index in [1.807, 2.05) is 0 Å². The molecule has 5 nitrogen and oxygen atoms in total. The highest BCUT2D eigenvalue weighted by Crippen LogP contribution is 2.26. The molecule has 0 amide bonds. The molecule has 0 radical (unpaired) electrons. The smallest absolute Gasteiger partial charge is 0.147 e. The van der Waals surface area contributed by atoms with Crippen molar-refractivity contribution in [3.8, 4) is 0 Å². The monoisotopic (exact) mass is 299 g/mol. The van der Waals surface area contributed by atoms with Crippen molar-refractivity contribution in [2.45, 2.75) is 52.1 Å². The lowest BCUT2D eigenvalue weighted by Crippen LogP contribution is -2.26. The van der Waals surface area contributed by atoms with Crippen LogP contribution < -0.4 is 5.32 Å². The summed E-state index contributed by atoms with van der Waals surface area (Å²) < 4.78 is 24.8. The van der Waals surface area contributed by atoms with E-state index in [4.69, 9.17) is 4.98 Å². The number of sulfone groups is 1. The highest BCUT2D eigenvalue weighted by molar-refractivity contribution is 7.90. The molecule has 0 unspecified atom stereocenters. The standard InChI is InChI=1S/C14H25N3O2S/c1-14(2,3)13-16-11-10-15-7-6-12(11)17(13)8-5-9-20(4,18)19/h15H,5-10H2,1-4H3. The molecule has 0 saturated heterocycles. The molecule has 0 aromatic carbocycles. The summed E-state index contributed by atoms with van der Waals surface area (Å²) in [5.41, 5.74) is 2.38. The topological polar surface area (TPSA) is 64.0 Å². The Bertz CT molecular complexity index is 582. The number of fused-ring (bicyclic) bond motifs is 1. The van der Waals surface area contributed by atoms with Gasteiger partial charge in [0.15, 0.2) is 0 Å². The Kier molecular flexibility index (Phi) is 4.25. The largest absolute Gasteiger partial charge is 0.331 e. The van der Waals surface area contributed by atoms with Gasteiger partial charge in [-0.15, -0.1) is 0 Å². The molecule has 0 fully saturated rings. The van der Waals surface area contributed by atoms with Gasteiger partial charge in [0.25, 0.3) is 0 Å². The van der Waals surface area contributed by atoms with Crippen LogP contribution in [-0.4, -0.2) is 36.5 Å². The summed E-state index contributed by atoms with van der Waals surface area (Å²) >= 11 is 0. The van der Waals surface area contributed by atoms with E-state index in [0.29, 0.717) is 6.42 Å². The quantitative estimate of drug-likeness (QED) is 0.909. The van der Waals surface area contributed by atoms with Crippen LogP contribution in [0, 0.1) is 0 Å². The first-order chi connectivity index (χ1) is 9.18. The van der Waals surface area contributed by atoms with E-state index in [-0.39, 0.29) is 11.2 Å². The lowest BCUT2D eigenvalue weighted by Gasteiger charge is -2.21. The van der Waals surface area contributed by atoms with E-state index in [2.05, 4.69) is 30.7 Å². The first kappa shape index (κ1) is 15.5. The fourth-order valence-electron chi connectivity index (χ4n) is 2.67. The van der Waals surface area contributed by atoms with Gasteiger partial charge in [-0.2, -0.15) is 0 Å². The molecule has 1 N–H and O–H groups in total. The second-order valence-electron chi connectivity index (χ2n) is 6.64. The average molecular weight is 299 g/mol. The van der Waals surface area contributed by atoms with Gasteiger partial charge in [0.1, 0.15) is 15.7 Å². The molecule has 1 aromatic heterocycles. The maximum absolute atomic E-state index is 11.3. The first-order valence-corrected chi connectivity index (χ1v) is 9.22. The predicted octanol–water partition coefficient (Wildman–Crippen LogP) is 1.26. The number of nitrogens with one attached hydrogen (secondary N) is 1. The van der Waals surface area contributed by atoms with Crippen molar-refractivity contribution < 1.29 is 8.42 Å². The molecule has 0 atom stereocenters. The van der Waals surface area contributed by atoms with Crippen LogP contribution >= 0.6 is 0 Å². The van der Waals surface area contributed by atoms with E-state index < -0.39 is 9.84 Å². The molecular weight excluding hydrogens is 274 g/mol. The van der Waals surface area contributed by atoms with Crippen LogP contribution in [0.4, 0.5) is 0 Å². The Labute approximate surface area is 121 Å². The zero-order chi connectivity index (χ0) is 15.0. The van der Waals surface area contributed by atoms with Crippen LogP contribution in [0.2, 0.25) is 0 Å². The van der Waals surface area contributed by atoms with Crippen LogP contribution in [0.15, 0.2) is 0 Å². The van der Waals surface area contributed by atoms with Crippen LogP contribution in [0.25, 0.3) is 0 Å². The number of hydrogen-bond donors (Lipinski definition) is 1. The van der Waals surface area contributed by atoms with Gasteiger partial charge in [-0.1, -0.05) is 20.8 Å². The van der Waals surface area contributed by atoms with E-state index in [9.17, 15) is 8.42 Å². The molecular formula is C14H25N3O2S. The Morgan fingerprint density at radius 3 is 2.65 bits per heavy atom. The zero-order valence-electron chi connectivity index (χ0n) is 12.9. The van der Waals surface area contributed by atoms with E-state index in [0.717, 1.165) is 37.6 Å². The summed E-state index contributed by atoms with van der Waals surface area (Å²) in [6.07, 6.45) is 2.92. The predicted molar refractivity (Wildman–Crippen MR) is 80.7 cm³/mol. The van der Waals surface area contributed by atoms with Gasteiger partial charge >= 0.3 is 0 Å². The third-order valence-electron chi connectivity index (χ3n) is 3.55. The van der Waals surface area contributed by atoms with Gasteiger partial charge in [-0.05, 0) is 6.42 Å². The van der Waals surface area contributed by atoms with Gasteiger partial charge in [0.2, 0.25) is 0 Å². The van der Waals surface area contributed by atoms with Gasteiger partial charge in [0.05, 0.1) is 11.4 Å². The van der Waals surface area contributed by atoms with E-state index in [1.165, 1.54) is 11.9 Å². The summed E-state index contributed by atoms with van der Waals surface area (Å²) in [7, 11) is -2.89. The van der Waals surface area contributed by atoms with Crippen LogP contribution in [0.3, 0.4) is 0 Å². The average Bonchev–Trinajstić information content (AvgIpc) is 2.67. The van der Waals surface area contributed by atoms with Crippen molar-refractivity contribution in [1.29, 1.82) is 0 Å². The maximum atomic E-state index is 11.3. The van der Waals surface area contributed by atoms with Crippen LogP contribution in [0.1, 0.15) is 44.4 Å². The van der Waals surface area contributed by atoms with Crippen LogP contribution in [-0.2, 0) is 34.8 Å². The van der Waals surface area contributed by atoms with Gasteiger partial charge in [-0.25, -0.2) is 13.4 Å². The van der Waals surface area contributed by atoms with Crippen molar-refractivity contribution in [2.24, 2.45) is 0 Å². The van der Waals surface area contributed by atoms with Gasteiger partial charge in [0, 0.05) is 43.4 Å². The van der Waals surface area contributed by atoms with E-state index in [1.54, 1.807) is 0 Å². The minimum Gasteiger partial charge on any atom is -0.331 e. The van der Waals surface area contributed by atoms with Crippen molar-refractivity contribution in [3.63, 3.8) is 0 Å². The third kappa shape index (κ3) is 3.61. The maximum Gasteiger partial charge on any atom is 0.147 e. The third-order valence-corrected chi connectivity index (χ3v) is 4.58. The lowest BCUT2D eigenvalue weighted by atomic mass is 9.95. The van der Waals surface area contributed by atoms with Gasteiger partial charge in [-0.3, -0.25) is 0 Å². The summed E-state index contributed by atoms with van der Waals surface area (Å²) in [6, 6.07) is 0. The fraction of sp³-hybridized carbons (Fsp3) is 0.786. The second-order valence-corrected chi connectivity index (χ2v) is 8.90. The summed E-state index contributed by atoms with van der Waals surface area (Å²) in [5, 5.41) is 3.34. The lowest BCUT2D eigenvalue weighted by molar-refractivity contribution is 0.485. The van der Waals surface area contributed by atoms with Crippen molar-refractivity contribution in [1.82, 2.24) is 14.9 Å². The number of nitrogens with zero attached hydrogens (tertiary/aromatic N) is 2. The first-order valence-electron chi connectivity index (χ1n) is 7.16. The summed E-state index contributed by atoms with van der Waals surface area (Å²) in [5.74, 6) is 1.31. The van der Waals surface area contributed by atoms with Crippen LogP contribution in [0.5, 0.6) is 0 Å². The normalized spacial score (nSPS) is 16.2. The van der Waals surface area contributed by atoms with Crippen molar-refractivity contribution in [2.75, 3.05) is 18.6 Å². The highest BCUT2D eigenvalue weighted by Gasteiger charge is 2.26. The molecule has 6 heteroatoms. The number of aromatic nitrogens is 2. The minimum atomic E-state index is -2.89. The Balaban J connectivity index is 2.27. The molecule has 0 saturated carbocycles.